The molecule has 3 rings (SSSR count). The smallest absolute Gasteiger partial charge is 0.321 e. The predicted octanol–water partition coefficient (Wildman–Crippen LogP) is 3.97. The highest BCUT2D eigenvalue weighted by molar-refractivity contribution is 5.90. The summed E-state index contributed by atoms with van der Waals surface area (Å²) < 4.78 is 5.15. The van der Waals surface area contributed by atoms with E-state index < -0.39 is 0 Å². The summed E-state index contributed by atoms with van der Waals surface area (Å²) in [4.78, 5) is 14.6. The Labute approximate surface area is 149 Å². The molecule has 1 atom stereocenters. The Balaban J connectivity index is 1.56. The highest BCUT2D eigenvalue weighted by Crippen LogP contribution is 2.23. The number of amides is 2. The van der Waals surface area contributed by atoms with Crippen LogP contribution in [0.4, 0.5) is 10.5 Å². The van der Waals surface area contributed by atoms with Crippen molar-refractivity contribution < 1.29 is 9.53 Å². The molecule has 132 valence electrons. The fourth-order valence-electron chi connectivity index (χ4n) is 3.40. The summed E-state index contributed by atoms with van der Waals surface area (Å²) in [5, 5.41) is 3.08. The van der Waals surface area contributed by atoms with Gasteiger partial charge in [-0.25, -0.2) is 4.79 Å². The van der Waals surface area contributed by atoms with Crippen LogP contribution in [-0.2, 0) is 17.6 Å². The molecule has 1 saturated heterocycles. The van der Waals surface area contributed by atoms with Gasteiger partial charge in [0, 0.05) is 25.9 Å². The van der Waals surface area contributed by atoms with Gasteiger partial charge in [-0.15, -0.1) is 0 Å². The van der Waals surface area contributed by atoms with Crippen LogP contribution >= 0.6 is 0 Å². The van der Waals surface area contributed by atoms with Crippen LogP contribution in [-0.4, -0.2) is 37.7 Å². The quantitative estimate of drug-likeness (QED) is 0.866. The van der Waals surface area contributed by atoms with Crippen LogP contribution in [0.1, 0.15) is 17.5 Å². The lowest BCUT2D eigenvalue weighted by Gasteiger charge is -2.19. The van der Waals surface area contributed by atoms with Crippen molar-refractivity contribution >= 4 is 11.7 Å². The molecular weight excluding hydrogens is 312 g/mol. The number of ether oxygens (including phenoxy) is 1. The van der Waals surface area contributed by atoms with Gasteiger partial charge in [-0.3, -0.25) is 0 Å². The van der Waals surface area contributed by atoms with Crippen molar-refractivity contribution in [1.82, 2.24) is 4.90 Å². The average Bonchev–Trinajstić information content (AvgIpc) is 3.10. The molecule has 0 aromatic heterocycles. The molecular formula is C21H26N2O2. The van der Waals surface area contributed by atoms with Crippen LogP contribution in [0.2, 0.25) is 0 Å². The van der Waals surface area contributed by atoms with Crippen molar-refractivity contribution in [2.45, 2.75) is 19.3 Å². The molecule has 1 heterocycles. The fraction of sp³-hybridized carbons (Fsp3) is 0.381. The Morgan fingerprint density at radius 1 is 1.16 bits per heavy atom. The summed E-state index contributed by atoms with van der Waals surface area (Å²) in [6.45, 7) is 2.29. The van der Waals surface area contributed by atoms with Crippen LogP contribution in [0, 0.1) is 5.92 Å². The van der Waals surface area contributed by atoms with Crippen molar-refractivity contribution in [2.24, 2.45) is 5.92 Å². The molecule has 2 aromatic carbocycles. The number of methoxy groups -OCH3 is 1. The molecule has 1 fully saturated rings. The standard InChI is InChI=1S/C21H26N2O2/c1-25-14-12-19-9-5-6-10-20(19)22-21(24)23-13-11-18(16-23)15-17-7-3-2-4-8-17/h2-10,18H,11-16H2,1H3,(H,22,24)/t18-/m1/s1. The second kappa shape index (κ2) is 8.67. The monoisotopic (exact) mass is 338 g/mol. The number of benzene rings is 2. The molecule has 2 aromatic rings. The normalized spacial score (nSPS) is 16.8. The Bertz CT molecular complexity index is 687. The number of carbonyl (C=O) groups excluding carboxylic acids is 1. The minimum absolute atomic E-state index is 0.000397. The number of hydrogen-bond donors (Lipinski definition) is 1. The molecule has 4 nitrogen and oxygen atoms in total. The highest BCUT2D eigenvalue weighted by atomic mass is 16.5. The van der Waals surface area contributed by atoms with Crippen molar-refractivity contribution in [3.05, 3.63) is 65.7 Å². The Hall–Kier alpha value is -2.33. The van der Waals surface area contributed by atoms with E-state index in [1.165, 1.54) is 5.56 Å². The van der Waals surface area contributed by atoms with Gasteiger partial charge in [0.1, 0.15) is 0 Å². The van der Waals surface area contributed by atoms with Crippen molar-refractivity contribution in [1.29, 1.82) is 0 Å². The molecule has 1 aliphatic heterocycles. The Morgan fingerprint density at radius 2 is 1.92 bits per heavy atom. The van der Waals surface area contributed by atoms with E-state index in [1.807, 2.05) is 35.2 Å². The van der Waals surface area contributed by atoms with Gasteiger partial charge in [0.2, 0.25) is 0 Å². The topological polar surface area (TPSA) is 41.6 Å². The molecule has 0 spiro atoms. The Kier molecular flexibility index (Phi) is 6.07. The number of para-hydroxylation sites is 1. The minimum Gasteiger partial charge on any atom is -0.384 e. The summed E-state index contributed by atoms with van der Waals surface area (Å²) in [6.07, 6.45) is 2.90. The van der Waals surface area contributed by atoms with E-state index in [9.17, 15) is 4.79 Å². The number of anilines is 1. The van der Waals surface area contributed by atoms with Gasteiger partial charge in [0.25, 0.3) is 0 Å². The second-order valence-electron chi connectivity index (χ2n) is 6.62. The van der Waals surface area contributed by atoms with Gasteiger partial charge >= 0.3 is 6.03 Å². The Morgan fingerprint density at radius 3 is 2.72 bits per heavy atom. The van der Waals surface area contributed by atoms with E-state index in [2.05, 4.69) is 29.6 Å². The lowest BCUT2D eigenvalue weighted by Crippen LogP contribution is -2.33. The first-order chi connectivity index (χ1) is 12.3. The van der Waals surface area contributed by atoms with Crippen molar-refractivity contribution in [2.75, 3.05) is 32.1 Å². The third kappa shape index (κ3) is 4.83. The average molecular weight is 338 g/mol. The molecule has 25 heavy (non-hydrogen) atoms. The van der Waals surface area contributed by atoms with Gasteiger partial charge < -0.3 is 15.0 Å². The summed E-state index contributed by atoms with van der Waals surface area (Å²) in [7, 11) is 1.69. The number of likely N-dealkylation sites (tertiary alicyclic amines) is 1. The largest absolute Gasteiger partial charge is 0.384 e. The van der Waals surface area contributed by atoms with E-state index in [-0.39, 0.29) is 6.03 Å². The maximum Gasteiger partial charge on any atom is 0.321 e. The van der Waals surface area contributed by atoms with E-state index in [0.717, 1.165) is 43.6 Å². The van der Waals surface area contributed by atoms with Gasteiger partial charge in [0.15, 0.2) is 0 Å². The maximum absolute atomic E-state index is 12.6. The molecule has 4 heteroatoms. The van der Waals surface area contributed by atoms with Crippen molar-refractivity contribution in [3.63, 3.8) is 0 Å². The number of rotatable bonds is 6. The number of nitrogens with one attached hydrogen (secondary N) is 1. The fourth-order valence-corrected chi connectivity index (χ4v) is 3.40. The zero-order chi connectivity index (χ0) is 17.5. The molecule has 2 amide bonds. The maximum atomic E-state index is 12.6. The molecule has 0 bridgehead atoms. The second-order valence-corrected chi connectivity index (χ2v) is 6.62. The van der Waals surface area contributed by atoms with Crippen molar-refractivity contribution in [3.8, 4) is 0 Å². The molecule has 0 radical (unpaired) electrons. The molecule has 0 saturated carbocycles. The third-order valence-electron chi connectivity index (χ3n) is 4.77. The van der Waals surface area contributed by atoms with Crippen LogP contribution < -0.4 is 5.32 Å². The van der Waals surface area contributed by atoms with Gasteiger partial charge in [0.05, 0.1) is 6.61 Å². The first kappa shape index (κ1) is 17.5. The zero-order valence-corrected chi connectivity index (χ0v) is 14.8. The number of urea groups is 1. The van der Waals surface area contributed by atoms with Gasteiger partial charge in [-0.1, -0.05) is 48.5 Å². The minimum atomic E-state index is 0.000397. The van der Waals surface area contributed by atoms with E-state index in [1.54, 1.807) is 7.11 Å². The summed E-state index contributed by atoms with van der Waals surface area (Å²) in [5.41, 5.74) is 3.34. The lowest BCUT2D eigenvalue weighted by atomic mass is 9.99. The summed E-state index contributed by atoms with van der Waals surface area (Å²) in [6, 6.07) is 18.5. The van der Waals surface area contributed by atoms with Gasteiger partial charge in [-0.05, 0) is 42.4 Å². The van der Waals surface area contributed by atoms with Crippen LogP contribution in [0.15, 0.2) is 54.6 Å². The number of nitrogens with zero attached hydrogens (tertiary/aromatic N) is 1. The highest BCUT2D eigenvalue weighted by Gasteiger charge is 2.26. The SMILES string of the molecule is COCCc1ccccc1NC(=O)N1CC[C@H](Cc2ccccc2)C1. The summed E-state index contributed by atoms with van der Waals surface area (Å²) in [5.74, 6) is 0.539. The molecule has 0 aliphatic carbocycles. The molecule has 1 aliphatic rings. The van der Waals surface area contributed by atoms with Crippen LogP contribution in [0.25, 0.3) is 0 Å². The van der Waals surface area contributed by atoms with E-state index in [4.69, 9.17) is 4.74 Å². The number of carbonyl (C=O) groups is 1. The lowest BCUT2D eigenvalue weighted by molar-refractivity contribution is 0.202. The molecule has 1 N–H and O–H groups in total. The third-order valence-corrected chi connectivity index (χ3v) is 4.77. The zero-order valence-electron chi connectivity index (χ0n) is 14.8. The first-order valence-electron chi connectivity index (χ1n) is 8.93. The van der Waals surface area contributed by atoms with E-state index >= 15 is 0 Å². The van der Waals surface area contributed by atoms with Crippen LogP contribution in [0.3, 0.4) is 0 Å². The van der Waals surface area contributed by atoms with Crippen LogP contribution in [0.5, 0.6) is 0 Å². The predicted molar refractivity (Wildman–Crippen MR) is 101 cm³/mol. The summed E-state index contributed by atoms with van der Waals surface area (Å²) >= 11 is 0. The van der Waals surface area contributed by atoms with E-state index in [0.29, 0.717) is 12.5 Å². The first-order valence-corrected chi connectivity index (χ1v) is 8.93. The number of hydrogen-bond acceptors (Lipinski definition) is 2. The van der Waals surface area contributed by atoms with Gasteiger partial charge in [-0.2, -0.15) is 0 Å². The molecule has 0 unspecified atom stereocenters.